The van der Waals surface area contributed by atoms with E-state index in [1.807, 2.05) is 22.9 Å². The van der Waals surface area contributed by atoms with Crippen molar-refractivity contribution in [2.75, 3.05) is 26.4 Å². The van der Waals surface area contributed by atoms with Crippen LogP contribution in [0, 0.1) is 0 Å². The van der Waals surface area contributed by atoms with Crippen LogP contribution in [-0.2, 0) is 44.9 Å². The van der Waals surface area contributed by atoms with Crippen LogP contribution in [0.5, 0.6) is 0 Å². The molecule has 31 heavy (non-hydrogen) atoms. The van der Waals surface area contributed by atoms with Crippen molar-refractivity contribution in [3.8, 4) is 0 Å². The summed E-state index contributed by atoms with van der Waals surface area (Å²) in [5, 5.41) is 4.58. The summed E-state index contributed by atoms with van der Waals surface area (Å²) in [4.78, 5) is 27.3. The van der Waals surface area contributed by atoms with Crippen LogP contribution in [0.15, 0.2) is 41.9 Å². The average Bonchev–Trinajstić information content (AvgIpc) is 3.16. The van der Waals surface area contributed by atoms with Gasteiger partial charge in [0.25, 0.3) is 5.91 Å². The fraction of sp³-hybridized carbons (Fsp3) is 0.435. The SMILES string of the molecule is CCOC(=O)c1nn(CCc2ccccc2)c2c1CN(C(=O)C1=C(C)OCCO1)CC2. The minimum atomic E-state index is -0.459. The molecule has 8 heteroatoms. The van der Waals surface area contributed by atoms with Gasteiger partial charge in [0.15, 0.2) is 5.69 Å². The smallest absolute Gasteiger partial charge is 0.359 e. The van der Waals surface area contributed by atoms with Gasteiger partial charge in [-0.15, -0.1) is 0 Å². The number of ether oxygens (including phenoxy) is 3. The molecule has 164 valence electrons. The highest BCUT2D eigenvalue weighted by atomic mass is 16.6. The normalized spacial score (nSPS) is 15.7. The summed E-state index contributed by atoms with van der Waals surface area (Å²) >= 11 is 0. The Kier molecular flexibility index (Phi) is 6.25. The van der Waals surface area contributed by atoms with E-state index in [1.54, 1.807) is 18.7 Å². The van der Waals surface area contributed by atoms with Gasteiger partial charge in [0.1, 0.15) is 19.0 Å². The second kappa shape index (κ2) is 9.24. The molecular formula is C23H27N3O5. The molecule has 0 spiro atoms. The number of amides is 1. The maximum atomic E-state index is 13.0. The Bertz CT molecular complexity index is 996. The molecule has 4 rings (SSSR count). The maximum absolute atomic E-state index is 13.0. The summed E-state index contributed by atoms with van der Waals surface area (Å²) < 4.78 is 18.1. The molecule has 2 aromatic rings. The third-order valence-electron chi connectivity index (χ3n) is 5.51. The van der Waals surface area contributed by atoms with Crippen molar-refractivity contribution in [1.82, 2.24) is 14.7 Å². The molecule has 0 aliphatic carbocycles. The molecule has 1 aromatic carbocycles. The summed E-state index contributed by atoms with van der Waals surface area (Å²) in [6.07, 6.45) is 1.41. The Morgan fingerprint density at radius 2 is 1.94 bits per heavy atom. The first-order chi connectivity index (χ1) is 15.1. The zero-order chi connectivity index (χ0) is 21.8. The van der Waals surface area contributed by atoms with Crippen molar-refractivity contribution in [2.45, 2.75) is 39.8 Å². The third-order valence-corrected chi connectivity index (χ3v) is 5.51. The Morgan fingerprint density at radius 3 is 2.68 bits per heavy atom. The molecule has 1 aromatic heterocycles. The van der Waals surface area contributed by atoms with E-state index in [-0.39, 0.29) is 30.5 Å². The molecule has 1 amide bonds. The van der Waals surface area contributed by atoms with E-state index >= 15 is 0 Å². The first kappa shape index (κ1) is 21.0. The maximum Gasteiger partial charge on any atom is 0.359 e. The van der Waals surface area contributed by atoms with Crippen LogP contribution in [0.2, 0.25) is 0 Å². The van der Waals surface area contributed by atoms with Gasteiger partial charge in [-0.3, -0.25) is 9.48 Å². The summed E-state index contributed by atoms with van der Waals surface area (Å²) in [5.74, 6) is 0.0453. The van der Waals surface area contributed by atoms with E-state index in [2.05, 4.69) is 17.2 Å². The second-order valence-electron chi connectivity index (χ2n) is 7.51. The highest BCUT2D eigenvalue weighted by Crippen LogP contribution is 2.26. The summed E-state index contributed by atoms with van der Waals surface area (Å²) in [5.41, 5.74) is 3.22. The van der Waals surface area contributed by atoms with E-state index < -0.39 is 5.97 Å². The molecule has 3 heterocycles. The number of hydrogen-bond acceptors (Lipinski definition) is 6. The molecule has 0 atom stereocenters. The van der Waals surface area contributed by atoms with Gasteiger partial charge in [-0.1, -0.05) is 30.3 Å². The van der Waals surface area contributed by atoms with E-state index in [0.717, 1.165) is 17.7 Å². The summed E-state index contributed by atoms with van der Waals surface area (Å²) in [7, 11) is 0. The minimum absolute atomic E-state index is 0.227. The number of nitrogens with zero attached hydrogens (tertiary/aromatic N) is 3. The van der Waals surface area contributed by atoms with Crippen LogP contribution in [0.4, 0.5) is 0 Å². The molecule has 0 fully saturated rings. The molecule has 2 aliphatic rings. The van der Waals surface area contributed by atoms with Gasteiger partial charge in [0.2, 0.25) is 5.76 Å². The third kappa shape index (κ3) is 4.42. The number of hydrogen-bond donors (Lipinski definition) is 0. The lowest BCUT2D eigenvalue weighted by molar-refractivity contribution is -0.133. The Hall–Kier alpha value is -3.29. The number of aromatic nitrogens is 2. The number of carbonyl (C=O) groups is 2. The van der Waals surface area contributed by atoms with Gasteiger partial charge in [-0.2, -0.15) is 5.10 Å². The van der Waals surface area contributed by atoms with Gasteiger partial charge in [0, 0.05) is 30.8 Å². The lowest BCUT2D eigenvalue weighted by atomic mass is 10.0. The van der Waals surface area contributed by atoms with Crippen LogP contribution in [0.25, 0.3) is 0 Å². The quantitative estimate of drug-likeness (QED) is 0.662. The number of esters is 1. The van der Waals surface area contributed by atoms with Crippen molar-refractivity contribution >= 4 is 11.9 Å². The van der Waals surface area contributed by atoms with E-state index in [4.69, 9.17) is 14.2 Å². The Morgan fingerprint density at radius 1 is 1.16 bits per heavy atom. The molecular weight excluding hydrogens is 398 g/mol. The van der Waals surface area contributed by atoms with Crippen molar-refractivity contribution in [3.05, 3.63) is 64.4 Å². The van der Waals surface area contributed by atoms with Crippen LogP contribution in [0.1, 0.15) is 41.2 Å². The number of carbonyl (C=O) groups excluding carboxylic acids is 2. The van der Waals surface area contributed by atoms with Crippen LogP contribution >= 0.6 is 0 Å². The van der Waals surface area contributed by atoms with E-state index in [1.165, 1.54) is 5.56 Å². The van der Waals surface area contributed by atoms with Gasteiger partial charge in [-0.25, -0.2) is 4.79 Å². The fourth-order valence-corrected chi connectivity index (χ4v) is 3.95. The van der Waals surface area contributed by atoms with Crippen LogP contribution in [-0.4, -0.2) is 52.9 Å². The first-order valence-electron chi connectivity index (χ1n) is 10.6. The predicted octanol–water partition coefficient (Wildman–Crippen LogP) is 2.47. The molecule has 8 nitrogen and oxygen atoms in total. The predicted molar refractivity (Wildman–Crippen MR) is 112 cm³/mol. The van der Waals surface area contributed by atoms with Crippen molar-refractivity contribution < 1.29 is 23.8 Å². The number of fused-ring (bicyclic) bond motifs is 1. The Balaban J connectivity index is 1.59. The molecule has 0 unspecified atom stereocenters. The standard InChI is InChI=1S/C23H27N3O5/c1-3-29-23(28)20-18-15-25(22(27)21-16(2)30-13-14-31-21)11-10-19(18)26(24-20)12-9-17-7-5-4-6-8-17/h4-8H,3,9-15H2,1-2H3. The summed E-state index contributed by atoms with van der Waals surface area (Å²) in [6.45, 7) is 6.01. The number of rotatable bonds is 6. The zero-order valence-electron chi connectivity index (χ0n) is 17.9. The van der Waals surface area contributed by atoms with E-state index in [0.29, 0.717) is 38.5 Å². The van der Waals surface area contributed by atoms with E-state index in [9.17, 15) is 9.59 Å². The molecule has 0 N–H and O–H groups in total. The number of benzene rings is 1. The molecule has 0 saturated carbocycles. The number of allylic oxidation sites excluding steroid dienone is 1. The monoisotopic (exact) mass is 425 g/mol. The highest BCUT2D eigenvalue weighted by Gasteiger charge is 2.33. The lowest BCUT2D eigenvalue weighted by Gasteiger charge is -2.30. The minimum Gasteiger partial charge on any atom is -0.491 e. The van der Waals surface area contributed by atoms with Gasteiger partial charge >= 0.3 is 5.97 Å². The van der Waals surface area contributed by atoms with Crippen molar-refractivity contribution in [3.63, 3.8) is 0 Å². The van der Waals surface area contributed by atoms with Crippen LogP contribution < -0.4 is 0 Å². The fourth-order valence-electron chi connectivity index (χ4n) is 3.95. The molecule has 0 saturated heterocycles. The highest BCUT2D eigenvalue weighted by molar-refractivity contribution is 5.93. The van der Waals surface area contributed by atoms with Gasteiger partial charge in [0.05, 0.1) is 13.2 Å². The second-order valence-corrected chi connectivity index (χ2v) is 7.51. The van der Waals surface area contributed by atoms with Crippen molar-refractivity contribution in [1.29, 1.82) is 0 Å². The topological polar surface area (TPSA) is 82.9 Å². The largest absolute Gasteiger partial charge is 0.491 e. The Labute approximate surface area is 181 Å². The molecule has 2 aliphatic heterocycles. The van der Waals surface area contributed by atoms with Crippen LogP contribution in [0.3, 0.4) is 0 Å². The van der Waals surface area contributed by atoms with Gasteiger partial charge in [-0.05, 0) is 25.8 Å². The van der Waals surface area contributed by atoms with Crippen molar-refractivity contribution in [2.24, 2.45) is 0 Å². The molecule has 0 bridgehead atoms. The molecule has 0 radical (unpaired) electrons. The number of aryl methyl sites for hydroxylation is 2. The van der Waals surface area contributed by atoms with Gasteiger partial charge < -0.3 is 19.1 Å². The summed E-state index contributed by atoms with van der Waals surface area (Å²) in [6, 6.07) is 10.2. The average molecular weight is 425 g/mol. The first-order valence-corrected chi connectivity index (χ1v) is 10.6. The zero-order valence-corrected chi connectivity index (χ0v) is 17.9. The lowest BCUT2D eigenvalue weighted by Crippen LogP contribution is -2.39.